The van der Waals surface area contributed by atoms with Crippen LogP contribution < -0.4 is 5.32 Å². The highest BCUT2D eigenvalue weighted by Crippen LogP contribution is 2.35. The lowest BCUT2D eigenvalue weighted by Crippen LogP contribution is -2.46. The first-order valence-corrected chi connectivity index (χ1v) is 11.3. The molecule has 1 heterocycles. The van der Waals surface area contributed by atoms with Gasteiger partial charge in [-0.2, -0.15) is 0 Å². The molecule has 0 spiro atoms. The van der Waals surface area contributed by atoms with Crippen molar-refractivity contribution >= 4 is 23.6 Å². The van der Waals surface area contributed by atoms with E-state index in [0.717, 1.165) is 5.56 Å². The van der Waals surface area contributed by atoms with Gasteiger partial charge in [-0.15, -0.1) is 0 Å². The summed E-state index contributed by atoms with van der Waals surface area (Å²) in [6.07, 6.45) is -1.39. The van der Waals surface area contributed by atoms with Gasteiger partial charge in [0.15, 0.2) is 12.1 Å². The molecule has 3 aromatic carbocycles. The Morgan fingerprint density at radius 1 is 1.00 bits per heavy atom. The number of carbonyl (C=O) groups excluding carboxylic acids is 3. The number of benzene rings is 3. The molecule has 1 aliphatic heterocycles. The van der Waals surface area contributed by atoms with Gasteiger partial charge in [-0.1, -0.05) is 54.6 Å². The third kappa shape index (κ3) is 5.16. The minimum atomic E-state index is -0.841. The number of likely N-dealkylation sites (N-methyl/N-ethyl adjacent to an activating group) is 1. The SMILES string of the molecule is CCN(C)C(=O)C1C(c2ccc(NC(=O)c3ccccc3F)cc2)OC(=O)N1Cc1ccccc1. The van der Waals surface area contributed by atoms with Gasteiger partial charge in [0.25, 0.3) is 5.91 Å². The van der Waals surface area contributed by atoms with Crippen LogP contribution in [0.1, 0.15) is 34.5 Å². The predicted molar refractivity (Wildman–Crippen MR) is 129 cm³/mol. The summed E-state index contributed by atoms with van der Waals surface area (Å²) in [6.45, 7) is 2.58. The van der Waals surface area contributed by atoms with Crippen LogP contribution in [0.2, 0.25) is 0 Å². The summed E-state index contributed by atoms with van der Waals surface area (Å²) in [5.41, 5.74) is 1.88. The van der Waals surface area contributed by atoms with Crippen LogP contribution in [0.5, 0.6) is 0 Å². The molecule has 0 aromatic heterocycles. The summed E-state index contributed by atoms with van der Waals surface area (Å²) in [4.78, 5) is 41.5. The van der Waals surface area contributed by atoms with Crippen LogP contribution in [0.3, 0.4) is 0 Å². The van der Waals surface area contributed by atoms with Crippen molar-refractivity contribution < 1.29 is 23.5 Å². The van der Waals surface area contributed by atoms with E-state index in [0.29, 0.717) is 17.8 Å². The fourth-order valence-electron chi connectivity index (χ4n) is 3.96. The molecule has 1 saturated heterocycles. The Morgan fingerprint density at radius 3 is 2.31 bits per heavy atom. The second-order valence-electron chi connectivity index (χ2n) is 8.27. The lowest BCUT2D eigenvalue weighted by molar-refractivity contribution is -0.135. The lowest BCUT2D eigenvalue weighted by Gasteiger charge is -2.28. The lowest BCUT2D eigenvalue weighted by atomic mass is 10.00. The number of carbonyl (C=O) groups is 3. The Bertz CT molecular complexity index is 1220. The molecule has 8 heteroatoms. The van der Waals surface area contributed by atoms with Crippen molar-refractivity contribution in [1.29, 1.82) is 0 Å². The number of ether oxygens (including phenoxy) is 1. The summed E-state index contributed by atoms with van der Waals surface area (Å²) in [5.74, 6) is -1.41. The Kier molecular flexibility index (Phi) is 7.10. The number of nitrogens with one attached hydrogen (secondary N) is 1. The first-order valence-electron chi connectivity index (χ1n) is 11.3. The van der Waals surface area contributed by atoms with Crippen LogP contribution >= 0.6 is 0 Å². The van der Waals surface area contributed by atoms with Gasteiger partial charge >= 0.3 is 6.09 Å². The van der Waals surface area contributed by atoms with E-state index in [-0.39, 0.29) is 18.0 Å². The number of anilines is 1. The van der Waals surface area contributed by atoms with Gasteiger partial charge in [0.1, 0.15) is 5.82 Å². The van der Waals surface area contributed by atoms with E-state index >= 15 is 0 Å². The second-order valence-corrected chi connectivity index (χ2v) is 8.27. The minimum Gasteiger partial charge on any atom is -0.438 e. The van der Waals surface area contributed by atoms with Crippen molar-refractivity contribution in [3.05, 3.63) is 101 Å². The van der Waals surface area contributed by atoms with Gasteiger partial charge in [0.2, 0.25) is 5.91 Å². The molecule has 1 aliphatic rings. The normalized spacial score (nSPS) is 17.1. The van der Waals surface area contributed by atoms with Gasteiger partial charge in [-0.25, -0.2) is 9.18 Å². The molecule has 0 saturated carbocycles. The molecule has 4 rings (SSSR count). The molecule has 3 amide bonds. The van der Waals surface area contributed by atoms with E-state index in [1.54, 1.807) is 42.3 Å². The van der Waals surface area contributed by atoms with Gasteiger partial charge in [-0.05, 0) is 42.3 Å². The maximum atomic E-state index is 13.9. The minimum absolute atomic E-state index is 0.0638. The summed E-state index contributed by atoms with van der Waals surface area (Å²) >= 11 is 0. The first kappa shape index (κ1) is 23.9. The van der Waals surface area contributed by atoms with E-state index < -0.39 is 30.0 Å². The molecular weight excluding hydrogens is 449 g/mol. The average molecular weight is 476 g/mol. The largest absolute Gasteiger partial charge is 0.438 e. The summed E-state index contributed by atoms with van der Waals surface area (Å²) < 4.78 is 19.6. The maximum absolute atomic E-state index is 13.9. The van der Waals surface area contributed by atoms with Gasteiger partial charge < -0.3 is 15.0 Å². The first-order chi connectivity index (χ1) is 16.9. The van der Waals surface area contributed by atoms with Gasteiger partial charge in [0, 0.05) is 19.3 Å². The quantitative estimate of drug-likeness (QED) is 0.541. The van der Waals surface area contributed by atoms with Gasteiger partial charge in [-0.3, -0.25) is 14.5 Å². The zero-order valence-electron chi connectivity index (χ0n) is 19.5. The van der Waals surface area contributed by atoms with Crippen molar-refractivity contribution in [1.82, 2.24) is 9.80 Å². The standard InChI is InChI=1S/C27H26FN3O4/c1-3-30(2)26(33)23-24(35-27(34)31(23)17-18-9-5-4-6-10-18)19-13-15-20(16-14-19)29-25(32)21-11-7-8-12-22(21)28/h4-16,23-24H,3,17H2,1-2H3,(H,29,32). The Morgan fingerprint density at radius 2 is 1.66 bits per heavy atom. The number of nitrogens with zero attached hydrogens (tertiary/aromatic N) is 2. The Hall–Kier alpha value is -4.20. The molecular formula is C27H26FN3O4. The molecule has 180 valence electrons. The monoisotopic (exact) mass is 475 g/mol. The molecule has 0 radical (unpaired) electrons. The maximum Gasteiger partial charge on any atom is 0.411 e. The van der Waals surface area contributed by atoms with Crippen LogP contribution in [0.25, 0.3) is 0 Å². The van der Waals surface area contributed by atoms with E-state index in [2.05, 4.69) is 5.32 Å². The second kappa shape index (κ2) is 10.4. The Labute approximate surface area is 203 Å². The molecule has 7 nitrogen and oxygen atoms in total. The van der Waals surface area contributed by atoms with E-state index in [9.17, 15) is 18.8 Å². The number of amides is 3. The van der Waals surface area contributed by atoms with Crippen molar-refractivity contribution in [2.24, 2.45) is 0 Å². The van der Waals surface area contributed by atoms with Crippen molar-refractivity contribution in [2.75, 3.05) is 18.9 Å². The molecule has 2 atom stereocenters. The molecule has 35 heavy (non-hydrogen) atoms. The third-order valence-electron chi connectivity index (χ3n) is 6.00. The van der Waals surface area contributed by atoms with Crippen LogP contribution in [0, 0.1) is 5.82 Å². The van der Waals surface area contributed by atoms with E-state index in [1.807, 2.05) is 37.3 Å². The highest BCUT2D eigenvalue weighted by molar-refractivity contribution is 6.04. The van der Waals surface area contributed by atoms with E-state index in [1.165, 1.54) is 23.1 Å². The van der Waals surface area contributed by atoms with Crippen LogP contribution in [-0.4, -0.2) is 47.3 Å². The number of rotatable bonds is 7. The Balaban J connectivity index is 1.57. The molecule has 1 fully saturated rings. The predicted octanol–water partition coefficient (Wildman–Crippen LogP) is 4.62. The van der Waals surface area contributed by atoms with Crippen LogP contribution in [0.4, 0.5) is 14.9 Å². The molecule has 0 aliphatic carbocycles. The van der Waals surface area contributed by atoms with Crippen molar-refractivity contribution in [3.63, 3.8) is 0 Å². The molecule has 1 N–H and O–H groups in total. The summed E-state index contributed by atoms with van der Waals surface area (Å²) in [7, 11) is 1.68. The number of cyclic esters (lactones) is 1. The fraction of sp³-hybridized carbons (Fsp3) is 0.222. The zero-order chi connectivity index (χ0) is 24.9. The van der Waals surface area contributed by atoms with Crippen LogP contribution in [0.15, 0.2) is 78.9 Å². The average Bonchev–Trinajstić information content (AvgIpc) is 3.20. The van der Waals surface area contributed by atoms with Crippen molar-refractivity contribution in [2.45, 2.75) is 25.6 Å². The smallest absolute Gasteiger partial charge is 0.411 e. The summed E-state index contributed by atoms with van der Waals surface area (Å²) in [6, 6.07) is 20.9. The molecule has 0 bridgehead atoms. The van der Waals surface area contributed by atoms with Crippen LogP contribution in [-0.2, 0) is 16.1 Å². The van der Waals surface area contributed by atoms with Gasteiger partial charge in [0.05, 0.1) is 12.1 Å². The number of halogens is 1. The fourth-order valence-corrected chi connectivity index (χ4v) is 3.96. The highest BCUT2D eigenvalue weighted by atomic mass is 19.1. The number of hydrogen-bond donors (Lipinski definition) is 1. The molecule has 3 aromatic rings. The van der Waals surface area contributed by atoms with Crippen molar-refractivity contribution in [3.8, 4) is 0 Å². The third-order valence-corrected chi connectivity index (χ3v) is 6.00. The van der Waals surface area contributed by atoms with E-state index in [4.69, 9.17) is 4.74 Å². The highest BCUT2D eigenvalue weighted by Gasteiger charge is 2.47. The molecule has 2 unspecified atom stereocenters. The topological polar surface area (TPSA) is 79.0 Å². The number of hydrogen-bond acceptors (Lipinski definition) is 4. The summed E-state index contributed by atoms with van der Waals surface area (Å²) in [5, 5.41) is 2.66. The zero-order valence-corrected chi connectivity index (χ0v) is 19.5.